The third kappa shape index (κ3) is 2.69. The van der Waals surface area contributed by atoms with Gasteiger partial charge in [-0.1, -0.05) is 6.07 Å². The minimum Gasteiger partial charge on any atom is -0.271 e. The number of aryl methyl sites for hydroxylation is 3. The standard InChI is InChI=1S/C11H17N7/c1-7-4-8(2)11(13-6-7)9(14-12)5-10-15-17-18(3)16-10/h4,6,9,14H,5,12H2,1-3H3. The predicted molar refractivity (Wildman–Crippen MR) is 66.3 cm³/mol. The van der Waals surface area contributed by atoms with Gasteiger partial charge in [0.2, 0.25) is 0 Å². The van der Waals surface area contributed by atoms with Crippen molar-refractivity contribution in [3.63, 3.8) is 0 Å². The van der Waals surface area contributed by atoms with Crippen LogP contribution in [-0.2, 0) is 13.5 Å². The SMILES string of the molecule is Cc1cnc(C(Cc2nnn(C)n2)NN)c(C)c1. The summed E-state index contributed by atoms with van der Waals surface area (Å²) in [6.07, 6.45) is 2.39. The summed E-state index contributed by atoms with van der Waals surface area (Å²) in [6, 6.07) is 1.96. The fraction of sp³-hybridized carbons (Fsp3) is 0.455. The number of pyridine rings is 1. The van der Waals surface area contributed by atoms with Crippen LogP contribution in [0.4, 0.5) is 0 Å². The summed E-state index contributed by atoms with van der Waals surface area (Å²) in [5.41, 5.74) is 5.90. The maximum absolute atomic E-state index is 5.59. The van der Waals surface area contributed by atoms with Gasteiger partial charge in [0, 0.05) is 12.6 Å². The summed E-state index contributed by atoms with van der Waals surface area (Å²) in [5, 5.41) is 11.9. The highest BCUT2D eigenvalue weighted by Gasteiger charge is 2.17. The number of hydrazine groups is 1. The molecule has 0 fully saturated rings. The zero-order chi connectivity index (χ0) is 13.1. The van der Waals surface area contributed by atoms with Crippen LogP contribution in [0.1, 0.15) is 28.7 Å². The lowest BCUT2D eigenvalue weighted by molar-refractivity contribution is 0.521. The molecule has 2 rings (SSSR count). The molecule has 0 aliphatic heterocycles. The summed E-state index contributed by atoms with van der Waals surface area (Å²) in [5.74, 6) is 6.23. The molecular weight excluding hydrogens is 230 g/mol. The molecule has 7 heteroatoms. The lowest BCUT2D eigenvalue weighted by atomic mass is 10.0. The van der Waals surface area contributed by atoms with Gasteiger partial charge in [-0.15, -0.1) is 10.2 Å². The van der Waals surface area contributed by atoms with Crippen LogP contribution in [0.3, 0.4) is 0 Å². The molecule has 3 N–H and O–H groups in total. The number of hydrogen-bond donors (Lipinski definition) is 2. The lowest BCUT2D eigenvalue weighted by Gasteiger charge is -2.16. The minimum absolute atomic E-state index is 0.116. The van der Waals surface area contributed by atoms with Crippen molar-refractivity contribution >= 4 is 0 Å². The van der Waals surface area contributed by atoms with Gasteiger partial charge in [-0.05, 0) is 30.2 Å². The Balaban J connectivity index is 2.22. The van der Waals surface area contributed by atoms with Crippen LogP contribution in [-0.4, -0.2) is 25.2 Å². The van der Waals surface area contributed by atoms with E-state index in [9.17, 15) is 0 Å². The molecule has 7 nitrogen and oxygen atoms in total. The third-order valence-electron chi connectivity index (χ3n) is 2.72. The van der Waals surface area contributed by atoms with Gasteiger partial charge < -0.3 is 0 Å². The molecule has 2 aromatic rings. The smallest absolute Gasteiger partial charge is 0.176 e. The number of tetrazole rings is 1. The molecule has 2 aromatic heterocycles. The van der Waals surface area contributed by atoms with Gasteiger partial charge in [-0.3, -0.25) is 16.3 Å². The Morgan fingerprint density at radius 2 is 2.22 bits per heavy atom. The first-order chi connectivity index (χ1) is 8.60. The van der Waals surface area contributed by atoms with E-state index in [0.717, 1.165) is 16.8 Å². The largest absolute Gasteiger partial charge is 0.271 e. The van der Waals surface area contributed by atoms with E-state index in [1.54, 1.807) is 7.05 Å². The van der Waals surface area contributed by atoms with E-state index in [0.29, 0.717) is 12.2 Å². The maximum atomic E-state index is 5.59. The van der Waals surface area contributed by atoms with Crippen molar-refractivity contribution in [3.05, 3.63) is 34.9 Å². The first-order valence-corrected chi connectivity index (χ1v) is 5.72. The maximum Gasteiger partial charge on any atom is 0.176 e. The van der Waals surface area contributed by atoms with E-state index in [4.69, 9.17) is 5.84 Å². The van der Waals surface area contributed by atoms with E-state index in [1.165, 1.54) is 4.80 Å². The average Bonchev–Trinajstić information content (AvgIpc) is 2.72. The van der Waals surface area contributed by atoms with Crippen molar-refractivity contribution in [1.29, 1.82) is 0 Å². The second-order valence-electron chi connectivity index (χ2n) is 4.33. The number of aromatic nitrogens is 5. The van der Waals surface area contributed by atoms with Gasteiger partial charge >= 0.3 is 0 Å². The van der Waals surface area contributed by atoms with Gasteiger partial charge in [0.25, 0.3) is 0 Å². The number of nitrogens with zero attached hydrogens (tertiary/aromatic N) is 5. The monoisotopic (exact) mass is 247 g/mol. The Morgan fingerprint density at radius 1 is 1.44 bits per heavy atom. The van der Waals surface area contributed by atoms with Crippen LogP contribution in [0, 0.1) is 13.8 Å². The Hall–Kier alpha value is -1.86. The van der Waals surface area contributed by atoms with Crippen LogP contribution >= 0.6 is 0 Å². The molecule has 1 atom stereocenters. The molecule has 0 aromatic carbocycles. The van der Waals surface area contributed by atoms with Gasteiger partial charge in [0.15, 0.2) is 5.82 Å². The van der Waals surface area contributed by atoms with Crippen LogP contribution in [0.5, 0.6) is 0 Å². The van der Waals surface area contributed by atoms with Crippen molar-refractivity contribution in [1.82, 2.24) is 30.6 Å². The van der Waals surface area contributed by atoms with Gasteiger partial charge in [-0.25, -0.2) is 0 Å². The fourth-order valence-electron chi connectivity index (χ4n) is 1.91. The fourth-order valence-corrected chi connectivity index (χ4v) is 1.91. The summed E-state index contributed by atoms with van der Waals surface area (Å²) in [4.78, 5) is 5.86. The molecule has 0 saturated heterocycles. The van der Waals surface area contributed by atoms with E-state index in [1.807, 2.05) is 20.0 Å². The summed E-state index contributed by atoms with van der Waals surface area (Å²) < 4.78 is 0. The zero-order valence-electron chi connectivity index (χ0n) is 10.8. The Bertz CT molecular complexity index is 534. The topological polar surface area (TPSA) is 94.5 Å². The van der Waals surface area contributed by atoms with Crippen molar-refractivity contribution in [2.45, 2.75) is 26.3 Å². The highest BCUT2D eigenvalue weighted by molar-refractivity contribution is 5.26. The third-order valence-corrected chi connectivity index (χ3v) is 2.72. The summed E-state index contributed by atoms with van der Waals surface area (Å²) in [6.45, 7) is 4.03. The van der Waals surface area contributed by atoms with Crippen LogP contribution in [0.2, 0.25) is 0 Å². The van der Waals surface area contributed by atoms with Gasteiger partial charge in [0.1, 0.15) is 0 Å². The normalized spacial score (nSPS) is 12.7. The highest BCUT2D eigenvalue weighted by atomic mass is 15.6. The zero-order valence-corrected chi connectivity index (χ0v) is 10.8. The second-order valence-corrected chi connectivity index (χ2v) is 4.33. The molecular formula is C11H17N7. The number of nitrogens with two attached hydrogens (primary N) is 1. The Kier molecular flexibility index (Phi) is 3.63. The first kappa shape index (κ1) is 12.6. The average molecular weight is 247 g/mol. The second kappa shape index (κ2) is 5.19. The Labute approximate surface area is 105 Å². The van der Waals surface area contributed by atoms with Crippen molar-refractivity contribution in [3.8, 4) is 0 Å². The molecule has 0 bridgehead atoms. The predicted octanol–water partition coefficient (Wildman–Crippen LogP) is -0.0310. The van der Waals surface area contributed by atoms with E-state index < -0.39 is 0 Å². The van der Waals surface area contributed by atoms with Crippen LogP contribution in [0.25, 0.3) is 0 Å². The van der Waals surface area contributed by atoms with Crippen LogP contribution < -0.4 is 11.3 Å². The van der Waals surface area contributed by atoms with Gasteiger partial charge in [-0.2, -0.15) is 4.80 Å². The van der Waals surface area contributed by atoms with E-state index in [2.05, 4.69) is 31.9 Å². The molecule has 0 amide bonds. The quantitative estimate of drug-likeness (QED) is 0.582. The first-order valence-electron chi connectivity index (χ1n) is 5.72. The molecule has 2 heterocycles. The van der Waals surface area contributed by atoms with Gasteiger partial charge in [0.05, 0.1) is 18.8 Å². The molecule has 0 saturated carbocycles. The number of nitrogens with one attached hydrogen (secondary N) is 1. The summed E-state index contributed by atoms with van der Waals surface area (Å²) in [7, 11) is 1.73. The molecule has 96 valence electrons. The molecule has 0 radical (unpaired) electrons. The lowest BCUT2D eigenvalue weighted by Crippen LogP contribution is -2.31. The number of hydrogen-bond acceptors (Lipinski definition) is 6. The van der Waals surface area contributed by atoms with E-state index >= 15 is 0 Å². The Morgan fingerprint density at radius 3 is 2.78 bits per heavy atom. The number of rotatable bonds is 4. The highest BCUT2D eigenvalue weighted by Crippen LogP contribution is 2.18. The van der Waals surface area contributed by atoms with Crippen molar-refractivity contribution in [2.75, 3.05) is 0 Å². The van der Waals surface area contributed by atoms with E-state index in [-0.39, 0.29) is 6.04 Å². The van der Waals surface area contributed by atoms with Crippen LogP contribution in [0.15, 0.2) is 12.3 Å². The van der Waals surface area contributed by atoms with Crippen molar-refractivity contribution < 1.29 is 0 Å². The molecule has 0 aliphatic rings. The molecule has 0 spiro atoms. The molecule has 0 aliphatic carbocycles. The molecule has 18 heavy (non-hydrogen) atoms. The minimum atomic E-state index is -0.116. The molecule has 1 unspecified atom stereocenters. The van der Waals surface area contributed by atoms with Crippen molar-refractivity contribution in [2.24, 2.45) is 12.9 Å². The summed E-state index contributed by atoms with van der Waals surface area (Å²) >= 11 is 0.